The second kappa shape index (κ2) is 9.94. The predicted molar refractivity (Wildman–Crippen MR) is 130 cm³/mol. The largest absolute Gasteiger partial charge is 0.338 e. The Kier molecular flexibility index (Phi) is 7.26. The van der Waals surface area contributed by atoms with Crippen LogP contribution in [-0.2, 0) is 4.79 Å². The van der Waals surface area contributed by atoms with Crippen LogP contribution in [0.3, 0.4) is 0 Å². The molecule has 2 aliphatic heterocycles. The molecule has 2 amide bonds. The Labute approximate surface area is 200 Å². The van der Waals surface area contributed by atoms with Gasteiger partial charge in [-0.25, -0.2) is 4.99 Å². The molecule has 0 saturated carbocycles. The van der Waals surface area contributed by atoms with Gasteiger partial charge in [-0.15, -0.1) is 11.3 Å². The highest BCUT2D eigenvalue weighted by Crippen LogP contribution is 2.34. The maximum atomic E-state index is 13.5. The van der Waals surface area contributed by atoms with Gasteiger partial charge in [0.05, 0.1) is 20.6 Å². The number of halogens is 2. The number of amides is 2. The van der Waals surface area contributed by atoms with Gasteiger partial charge in [0.2, 0.25) is 5.91 Å². The molecule has 1 unspecified atom stereocenters. The maximum absolute atomic E-state index is 13.5. The second-order valence-electron chi connectivity index (χ2n) is 7.62. The Hall–Kier alpha value is -1.54. The minimum absolute atomic E-state index is 0.0610. The molecule has 0 aliphatic carbocycles. The van der Waals surface area contributed by atoms with E-state index in [1.807, 2.05) is 27.3 Å². The smallest absolute Gasteiger partial charge is 0.263 e. The van der Waals surface area contributed by atoms with Crippen molar-refractivity contribution in [3.8, 4) is 0 Å². The lowest BCUT2D eigenvalue weighted by molar-refractivity contribution is -0.134. The number of likely N-dealkylation sites (tertiary alicyclic amines) is 1. The van der Waals surface area contributed by atoms with Crippen molar-refractivity contribution in [1.82, 2.24) is 9.80 Å². The van der Waals surface area contributed by atoms with Crippen molar-refractivity contribution in [1.29, 1.82) is 0 Å². The quantitative estimate of drug-likeness (QED) is 0.526. The third-order valence-electron chi connectivity index (χ3n) is 5.68. The number of rotatable bonds is 4. The van der Waals surface area contributed by atoms with E-state index in [1.165, 1.54) is 11.3 Å². The summed E-state index contributed by atoms with van der Waals surface area (Å²) in [5.41, 5.74) is 0.683. The van der Waals surface area contributed by atoms with Gasteiger partial charge in [-0.3, -0.25) is 14.5 Å². The maximum Gasteiger partial charge on any atom is 0.263 e. The fourth-order valence-corrected chi connectivity index (χ4v) is 6.14. The molecule has 1 aromatic carbocycles. The van der Waals surface area contributed by atoms with Gasteiger partial charge < -0.3 is 4.90 Å². The van der Waals surface area contributed by atoms with Crippen molar-refractivity contribution >= 4 is 69.0 Å². The van der Waals surface area contributed by atoms with Gasteiger partial charge in [-0.2, -0.15) is 0 Å². The van der Waals surface area contributed by atoms with Crippen molar-refractivity contribution in [2.75, 3.05) is 18.8 Å². The molecule has 1 atom stereocenters. The fraction of sp³-hybridized carbons (Fsp3) is 0.409. The van der Waals surface area contributed by atoms with E-state index in [0.29, 0.717) is 46.8 Å². The zero-order chi connectivity index (χ0) is 22.0. The van der Waals surface area contributed by atoms with Crippen molar-refractivity contribution < 1.29 is 9.59 Å². The highest BCUT2D eigenvalue weighted by Gasteiger charge is 2.39. The summed E-state index contributed by atoms with van der Waals surface area (Å²) in [4.78, 5) is 35.3. The molecule has 31 heavy (non-hydrogen) atoms. The third-order valence-corrected chi connectivity index (χ3v) is 8.37. The normalized spacial score (nSPS) is 21.1. The highest BCUT2D eigenvalue weighted by molar-refractivity contribution is 8.14. The van der Waals surface area contributed by atoms with Crippen molar-refractivity contribution in [3.05, 3.63) is 50.6 Å². The Balaban J connectivity index is 1.47. The minimum Gasteiger partial charge on any atom is -0.338 e. The lowest BCUT2D eigenvalue weighted by Gasteiger charge is -2.34. The summed E-state index contributed by atoms with van der Waals surface area (Å²) in [6.45, 7) is 3.30. The summed E-state index contributed by atoms with van der Waals surface area (Å²) in [6, 6.07) is 9.10. The van der Waals surface area contributed by atoms with E-state index in [2.05, 4.69) is 6.92 Å². The van der Waals surface area contributed by atoms with E-state index in [-0.39, 0.29) is 23.8 Å². The minimum atomic E-state index is -0.0980. The molecule has 5 nitrogen and oxygen atoms in total. The summed E-state index contributed by atoms with van der Waals surface area (Å²) in [6.07, 6.45) is 2.22. The number of thiophene rings is 1. The van der Waals surface area contributed by atoms with Gasteiger partial charge in [-0.1, -0.05) is 48.0 Å². The summed E-state index contributed by atoms with van der Waals surface area (Å²) in [5.74, 6) is 0.905. The molecule has 2 aromatic rings. The molecule has 2 saturated heterocycles. The van der Waals surface area contributed by atoms with Crippen LogP contribution in [0.2, 0.25) is 10.0 Å². The van der Waals surface area contributed by atoms with Crippen LogP contribution in [-0.4, -0.2) is 51.7 Å². The SMILES string of the molecule is CCC1CSC(=Nc2ccc(Cl)c(Cl)c2)N1C(=O)C1CCN(C(=O)c2cccs2)CC1. The van der Waals surface area contributed by atoms with E-state index in [0.717, 1.165) is 17.1 Å². The first-order valence-corrected chi connectivity index (χ1v) is 12.9. The molecule has 2 aliphatic rings. The van der Waals surface area contributed by atoms with E-state index in [9.17, 15) is 9.59 Å². The van der Waals surface area contributed by atoms with E-state index < -0.39 is 0 Å². The van der Waals surface area contributed by atoms with E-state index in [4.69, 9.17) is 28.2 Å². The topological polar surface area (TPSA) is 53.0 Å². The fourth-order valence-electron chi connectivity index (χ4n) is 3.88. The standard InChI is InChI=1S/C22H23Cl2N3O2S2/c1-2-16-13-31-22(25-15-5-6-17(23)18(24)12-15)27(16)20(28)14-7-9-26(10-8-14)21(29)19-4-3-11-30-19/h3-6,11-12,14,16H,2,7-10,13H2,1H3. The number of nitrogens with zero attached hydrogens (tertiary/aromatic N) is 3. The van der Waals surface area contributed by atoms with Gasteiger partial charge in [0.1, 0.15) is 0 Å². The average Bonchev–Trinajstić information content (AvgIpc) is 3.45. The van der Waals surface area contributed by atoms with Crippen molar-refractivity contribution in [3.63, 3.8) is 0 Å². The van der Waals surface area contributed by atoms with Gasteiger partial charge in [-0.05, 0) is 48.9 Å². The number of piperidine rings is 1. The van der Waals surface area contributed by atoms with Crippen LogP contribution in [0, 0.1) is 5.92 Å². The molecule has 3 heterocycles. The van der Waals surface area contributed by atoms with Crippen LogP contribution in [0.4, 0.5) is 5.69 Å². The van der Waals surface area contributed by atoms with Gasteiger partial charge in [0, 0.05) is 30.8 Å². The van der Waals surface area contributed by atoms with Crippen LogP contribution in [0.15, 0.2) is 40.7 Å². The first-order valence-electron chi connectivity index (χ1n) is 10.3. The number of aliphatic imine (C=N–C) groups is 1. The number of hydrogen-bond donors (Lipinski definition) is 0. The summed E-state index contributed by atoms with van der Waals surface area (Å²) < 4.78 is 0. The monoisotopic (exact) mass is 495 g/mol. The molecule has 0 radical (unpaired) electrons. The Morgan fingerprint density at radius 2 is 1.94 bits per heavy atom. The third kappa shape index (κ3) is 4.95. The number of benzene rings is 1. The number of amidine groups is 1. The molecule has 9 heteroatoms. The van der Waals surface area contributed by atoms with Crippen molar-refractivity contribution in [2.45, 2.75) is 32.2 Å². The summed E-state index contributed by atoms with van der Waals surface area (Å²) in [5, 5.41) is 3.55. The summed E-state index contributed by atoms with van der Waals surface area (Å²) in [7, 11) is 0. The molecule has 164 valence electrons. The van der Waals surface area contributed by atoms with Crippen LogP contribution < -0.4 is 0 Å². The average molecular weight is 496 g/mol. The zero-order valence-electron chi connectivity index (χ0n) is 17.1. The molecular weight excluding hydrogens is 473 g/mol. The number of hydrogen-bond acceptors (Lipinski definition) is 5. The zero-order valence-corrected chi connectivity index (χ0v) is 20.2. The van der Waals surface area contributed by atoms with Crippen LogP contribution in [0.5, 0.6) is 0 Å². The van der Waals surface area contributed by atoms with Gasteiger partial charge in [0.15, 0.2) is 5.17 Å². The Bertz CT molecular complexity index is 989. The van der Waals surface area contributed by atoms with Crippen LogP contribution in [0.1, 0.15) is 35.9 Å². The molecule has 1 aromatic heterocycles. The highest BCUT2D eigenvalue weighted by atomic mass is 35.5. The lowest BCUT2D eigenvalue weighted by atomic mass is 9.94. The molecule has 0 N–H and O–H groups in total. The molecular formula is C22H23Cl2N3O2S2. The molecule has 0 spiro atoms. The molecule has 2 fully saturated rings. The van der Waals surface area contributed by atoms with E-state index in [1.54, 1.807) is 30.0 Å². The molecule has 0 bridgehead atoms. The van der Waals surface area contributed by atoms with Crippen molar-refractivity contribution in [2.24, 2.45) is 10.9 Å². The van der Waals surface area contributed by atoms with Gasteiger partial charge in [0.25, 0.3) is 5.91 Å². The van der Waals surface area contributed by atoms with Gasteiger partial charge >= 0.3 is 0 Å². The predicted octanol–water partition coefficient (Wildman–Crippen LogP) is 5.95. The first kappa shape index (κ1) is 22.6. The number of carbonyl (C=O) groups excluding carboxylic acids is 2. The number of carbonyl (C=O) groups is 2. The van der Waals surface area contributed by atoms with E-state index >= 15 is 0 Å². The van der Waals surface area contributed by atoms with Crippen LogP contribution >= 0.6 is 46.3 Å². The second-order valence-corrected chi connectivity index (χ2v) is 10.4. The van der Waals surface area contributed by atoms with Crippen LogP contribution in [0.25, 0.3) is 0 Å². The Morgan fingerprint density at radius 3 is 2.58 bits per heavy atom. The molecule has 4 rings (SSSR count). The number of thioether (sulfide) groups is 1. The summed E-state index contributed by atoms with van der Waals surface area (Å²) >= 11 is 15.2. The Morgan fingerprint density at radius 1 is 1.16 bits per heavy atom. The first-order chi connectivity index (χ1) is 15.0. The lowest BCUT2D eigenvalue weighted by Crippen LogP contribution is -2.47.